The molecule has 0 radical (unpaired) electrons. The molecule has 33 heavy (non-hydrogen) atoms. The maximum Gasteiger partial charge on any atom is 0.317 e. The van der Waals surface area contributed by atoms with Crippen molar-refractivity contribution < 1.29 is 9.53 Å². The van der Waals surface area contributed by atoms with E-state index in [2.05, 4.69) is 35.3 Å². The first-order chi connectivity index (χ1) is 16.1. The van der Waals surface area contributed by atoms with E-state index in [1.807, 2.05) is 59.8 Å². The molecule has 0 saturated carbocycles. The Morgan fingerprint density at radius 3 is 2.42 bits per heavy atom. The lowest BCUT2D eigenvalue weighted by Crippen LogP contribution is -2.51. The average molecular weight is 448 g/mol. The molecule has 0 spiro atoms. The van der Waals surface area contributed by atoms with Gasteiger partial charge >= 0.3 is 6.03 Å². The van der Waals surface area contributed by atoms with E-state index in [4.69, 9.17) is 9.84 Å². The Morgan fingerprint density at radius 2 is 1.70 bits per heavy atom. The number of anilines is 1. The second kappa shape index (κ2) is 10.4. The summed E-state index contributed by atoms with van der Waals surface area (Å²) < 4.78 is 7.79. The fourth-order valence-electron chi connectivity index (χ4n) is 4.32. The highest BCUT2D eigenvalue weighted by atomic mass is 16.5. The van der Waals surface area contributed by atoms with Crippen LogP contribution >= 0.6 is 0 Å². The SMILES string of the molecule is CCOc1ccccc1N1CCN(C(=O)NCc2c(C)nn(Cc3ccccc3)c2C)CC1. The van der Waals surface area contributed by atoms with Crippen molar-refractivity contribution in [2.75, 3.05) is 37.7 Å². The maximum atomic E-state index is 12.8. The van der Waals surface area contributed by atoms with Crippen molar-refractivity contribution in [1.82, 2.24) is 20.0 Å². The number of hydrogen-bond donors (Lipinski definition) is 1. The van der Waals surface area contributed by atoms with Crippen LogP contribution in [-0.4, -0.2) is 53.5 Å². The van der Waals surface area contributed by atoms with Crippen LogP contribution in [-0.2, 0) is 13.1 Å². The first kappa shape index (κ1) is 22.7. The minimum Gasteiger partial charge on any atom is -0.492 e. The molecular formula is C26H33N5O2. The molecule has 1 saturated heterocycles. The van der Waals surface area contributed by atoms with Crippen molar-refractivity contribution in [1.29, 1.82) is 0 Å². The third-order valence-electron chi connectivity index (χ3n) is 6.20. The molecule has 7 heteroatoms. The number of para-hydroxylation sites is 2. The molecule has 2 aromatic carbocycles. The number of aryl methyl sites for hydroxylation is 1. The smallest absolute Gasteiger partial charge is 0.317 e. The molecule has 4 rings (SSSR count). The summed E-state index contributed by atoms with van der Waals surface area (Å²) in [6, 6.07) is 18.4. The molecular weight excluding hydrogens is 414 g/mol. The summed E-state index contributed by atoms with van der Waals surface area (Å²) in [5.41, 5.74) is 5.44. The van der Waals surface area contributed by atoms with E-state index in [9.17, 15) is 4.79 Å². The number of aromatic nitrogens is 2. The second-order valence-electron chi connectivity index (χ2n) is 8.33. The lowest BCUT2D eigenvalue weighted by molar-refractivity contribution is 0.193. The summed E-state index contributed by atoms with van der Waals surface area (Å²) in [7, 11) is 0. The largest absolute Gasteiger partial charge is 0.492 e. The summed E-state index contributed by atoms with van der Waals surface area (Å²) >= 11 is 0. The van der Waals surface area contributed by atoms with Crippen LogP contribution in [0.5, 0.6) is 5.75 Å². The monoisotopic (exact) mass is 447 g/mol. The summed E-state index contributed by atoms with van der Waals surface area (Å²) in [4.78, 5) is 17.0. The molecule has 0 aliphatic carbocycles. The van der Waals surface area contributed by atoms with E-state index >= 15 is 0 Å². The zero-order chi connectivity index (χ0) is 23.2. The zero-order valence-electron chi connectivity index (χ0n) is 19.8. The van der Waals surface area contributed by atoms with Gasteiger partial charge in [-0.3, -0.25) is 4.68 Å². The third kappa shape index (κ3) is 5.30. The summed E-state index contributed by atoms with van der Waals surface area (Å²) in [5.74, 6) is 0.899. The van der Waals surface area contributed by atoms with Crippen LogP contribution in [0.25, 0.3) is 0 Å². The topological polar surface area (TPSA) is 62.6 Å². The molecule has 1 aliphatic rings. The standard InChI is InChI=1S/C26H33N5O2/c1-4-33-25-13-9-8-12-24(25)29-14-16-30(17-15-29)26(32)27-18-23-20(2)28-31(21(23)3)19-22-10-6-5-7-11-22/h5-13H,4,14-19H2,1-3H3,(H,27,32). The van der Waals surface area contributed by atoms with E-state index in [1.54, 1.807) is 0 Å². The van der Waals surface area contributed by atoms with Gasteiger partial charge < -0.3 is 19.9 Å². The number of hydrogen-bond acceptors (Lipinski definition) is 4. The number of urea groups is 1. The van der Waals surface area contributed by atoms with Crippen molar-refractivity contribution in [3.8, 4) is 5.75 Å². The number of carbonyl (C=O) groups is 1. The van der Waals surface area contributed by atoms with Gasteiger partial charge in [0.1, 0.15) is 5.75 Å². The second-order valence-corrected chi connectivity index (χ2v) is 8.33. The number of piperazine rings is 1. The van der Waals surface area contributed by atoms with Crippen LogP contribution in [0.4, 0.5) is 10.5 Å². The van der Waals surface area contributed by atoms with Gasteiger partial charge in [-0.25, -0.2) is 4.79 Å². The number of carbonyl (C=O) groups excluding carboxylic acids is 1. The van der Waals surface area contributed by atoms with E-state index in [0.29, 0.717) is 26.2 Å². The molecule has 2 heterocycles. The number of rotatable bonds is 7. The Balaban J connectivity index is 1.32. The predicted octanol–water partition coefficient (Wildman–Crippen LogP) is 3.98. The molecule has 174 valence electrons. The van der Waals surface area contributed by atoms with Gasteiger partial charge in [0.05, 0.1) is 24.5 Å². The number of amides is 2. The van der Waals surface area contributed by atoms with Crippen molar-refractivity contribution in [2.24, 2.45) is 0 Å². The van der Waals surface area contributed by atoms with Crippen LogP contribution in [0, 0.1) is 13.8 Å². The molecule has 3 aromatic rings. The van der Waals surface area contributed by atoms with Gasteiger partial charge in [-0.15, -0.1) is 0 Å². The minimum absolute atomic E-state index is 0.0256. The number of benzene rings is 2. The van der Waals surface area contributed by atoms with E-state index in [1.165, 1.54) is 5.56 Å². The van der Waals surface area contributed by atoms with Crippen LogP contribution in [0.2, 0.25) is 0 Å². The molecule has 7 nitrogen and oxygen atoms in total. The summed E-state index contributed by atoms with van der Waals surface area (Å²) in [6.45, 7) is 10.8. The van der Waals surface area contributed by atoms with Gasteiger partial charge in [0, 0.05) is 44.0 Å². The zero-order valence-corrected chi connectivity index (χ0v) is 19.8. The van der Waals surface area contributed by atoms with Gasteiger partial charge in [0.2, 0.25) is 0 Å². The first-order valence-electron chi connectivity index (χ1n) is 11.6. The Hall–Kier alpha value is -3.48. The molecule has 1 N–H and O–H groups in total. The van der Waals surface area contributed by atoms with Gasteiger partial charge in [-0.2, -0.15) is 5.10 Å². The first-order valence-corrected chi connectivity index (χ1v) is 11.6. The Kier molecular flexibility index (Phi) is 7.17. The average Bonchev–Trinajstić information content (AvgIpc) is 3.11. The fraction of sp³-hybridized carbons (Fsp3) is 0.385. The summed E-state index contributed by atoms with van der Waals surface area (Å²) in [5, 5.41) is 7.80. The van der Waals surface area contributed by atoms with Crippen LogP contribution in [0.15, 0.2) is 54.6 Å². The van der Waals surface area contributed by atoms with E-state index < -0.39 is 0 Å². The van der Waals surface area contributed by atoms with Crippen molar-refractivity contribution >= 4 is 11.7 Å². The van der Waals surface area contributed by atoms with E-state index in [-0.39, 0.29) is 6.03 Å². The van der Waals surface area contributed by atoms with Gasteiger partial charge in [0.15, 0.2) is 0 Å². The molecule has 1 fully saturated rings. The van der Waals surface area contributed by atoms with Crippen molar-refractivity contribution in [2.45, 2.75) is 33.9 Å². The molecule has 0 atom stereocenters. The highest BCUT2D eigenvalue weighted by Gasteiger charge is 2.23. The molecule has 0 unspecified atom stereocenters. The number of nitrogens with zero attached hydrogens (tertiary/aromatic N) is 4. The quantitative estimate of drug-likeness (QED) is 0.595. The number of nitrogens with one attached hydrogen (secondary N) is 1. The van der Waals surface area contributed by atoms with Crippen LogP contribution in [0.1, 0.15) is 29.4 Å². The number of ether oxygens (including phenoxy) is 1. The lowest BCUT2D eigenvalue weighted by Gasteiger charge is -2.36. The highest BCUT2D eigenvalue weighted by Crippen LogP contribution is 2.28. The highest BCUT2D eigenvalue weighted by molar-refractivity contribution is 5.74. The van der Waals surface area contributed by atoms with Crippen molar-refractivity contribution in [3.05, 3.63) is 77.1 Å². The van der Waals surface area contributed by atoms with Crippen LogP contribution < -0.4 is 15.0 Å². The van der Waals surface area contributed by atoms with E-state index in [0.717, 1.165) is 48.0 Å². The Morgan fingerprint density at radius 1 is 1.00 bits per heavy atom. The molecule has 1 aliphatic heterocycles. The van der Waals surface area contributed by atoms with Crippen LogP contribution in [0.3, 0.4) is 0 Å². The summed E-state index contributed by atoms with van der Waals surface area (Å²) in [6.07, 6.45) is 0. The Bertz CT molecular complexity index is 1070. The minimum atomic E-state index is -0.0256. The third-order valence-corrected chi connectivity index (χ3v) is 6.20. The maximum absolute atomic E-state index is 12.8. The predicted molar refractivity (Wildman–Crippen MR) is 131 cm³/mol. The normalized spacial score (nSPS) is 13.8. The molecule has 0 bridgehead atoms. The lowest BCUT2D eigenvalue weighted by atomic mass is 10.2. The van der Waals surface area contributed by atoms with Gasteiger partial charge in [-0.1, -0.05) is 42.5 Å². The van der Waals surface area contributed by atoms with Gasteiger partial charge in [0.25, 0.3) is 0 Å². The fourth-order valence-corrected chi connectivity index (χ4v) is 4.32. The molecule has 1 aromatic heterocycles. The van der Waals surface area contributed by atoms with Crippen molar-refractivity contribution in [3.63, 3.8) is 0 Å². The molecule has 2 amide bonds. The van der Waals surface area contributed by atoms with Gasteiger partial charge in [-0.05, 0) is 38.5 Å². The Labute approximate surface area is 196 Å².